The zero-order valence-corrected chi connectivity index (χ0v) is 11.2. The Kier molecular flexibility index (Phi) is 4.05. The monoisotopic (exact) mass is 257 g/mol. The van der Waals surface area contributed by atoms with Crippen LogP contribution in [0.1, 0.15) is 24.0 Å². The minimum Gasteiger partial charge on any atom is -0.478 e. The largest absolute Gasteiger partial charge is 0.478 e. The molecule has 1 aliphatic rings. The number of carboxylic acids is 1. The van der Waals surface area contributed by atoms with Crippen LogP contribution in [0.15, 0.2) is 36.9 Å². The predicted molar refractivity (Wildman–Crippen MR) is 78.4 cm³/mol. The van der Waals surface area contributed by atoms with Crippen molar-refractivity contribution >= 4 is 17.7 Å². The summed E-state index contributed by atoms with van der Waals surface area (Å²) < 4.78 is 0. The van der Waals surface area contributed by atoms with Crippen LogP contribution in [0.5, 0.6) is 0 Å². The zero-order chi connectivity index (χ0) is 13.8. The highest BCUT2D eigenvalue weighted by atomic mass is 16.4. The van der Waals surface area contributed by atoms with E-state index in [2.05, 4.69) is 24.5 Å². The van der Waals surface area contributed by atoms with Crippen molar-refractivity contribution in [2.75, 3.05) is 11.4 Å². The number of benzene rings is 1. The lowest BCUT2D eigenvalue weighted by molar-refractivity contribution is -0.131. The van der Waals surface area contributed by atoms with E-state index in [9.17, 15) is 4.79 Å². The van der Waals surface area contributed by atoms with E-state index in [1.54, 1.807) is 6.08 Å². The summed E-state index contributed by atoms with van der Waals surface area (Å²) >= 11 is 0. The van der Waals surface area contributed by atoms with Gasteiger partial charge in [0.05, 0.1) is 0 Å². The molecule has 1 aromatic carbocycles. The molecule has 0 spiro atoms. The van der Waals surface area contributed by atoms with Crippen molar-refractivity contribution in [3.05, 3.63) is 48.1 Å². The second-order valence-electron chi connectivity index (χ2n) is 4.89. The first-order valence-corrected chi connectivity index (χ1v) is 6.51. The standard InChI is InChI=1S/C16H19NO2/c1-3-10-17(14-6-7-14)15-8-4-13(11-12(15)2)5-9-16(18)19/h3-5,8-9,11,14H,1,6-7,10H2,2H3,(H,18,19)/b9-5+. The van der Waals surface area contributed by atoms with Crippen molar-refractivity contribution in [2.45, 2.75) is 25.8 Å². The molecule has 1 aliphatic carbocycles. The van der Waals surface area contributed by atoms with E-state index in [1.807, 2.05) is 18.2 Å². The highest BCUT2D eigenvalue weighted by molar-refractivity contribution is 5.85. The third kappa shape index (κ3) is 3.47. The molecule has 100 valence electrons. The summed E-state index contributed by atoms with van der Waals surface area (Å²) in [6.45, 7) is 6.73. The van der Waals surface area contributed by atoms with Gasteiger partial charge in [0.2, 0.25) is 0 Å². The summed E-state index contributed by atoms with van der Waals surface area (Å²) in [6, 6.07) is 6.68. The van der Waals surface area contributed by atoms with Crippen molar-refractivity contribution < 1.29 is 9.90 Å². The second-order valence-corrected chi connectivity index (χ2v) is 4.89. The van der Waals surface area contributed by atoms with Crippen molar-refractivity contribution in [2.24, 2.45) is 0 Å². The van der Waals surface area contributed by atoms with Gasteiger partial charge >= 0.3 is 5.97 Å². The maximum atomic E-state index is 10.5. The fourth-order valence-corrected chi connectivity index (χ4v) is 2.24. The molecule has 1 fully saturated rings. The summed E-state index contributed by atoms with van der Waals surface area (Å²) in [4.78, 5) is 12.9. The number of nitrogens with zero attached hydrogens (tertiary/aromatic N) is 1. The van der Waals surface area contributed by atoms with Crippen LogP contribution in [0.3, 0.4) is 0 Å². The van der Waals surface area contributed by atoms with Gasteiger partial charge in [-0.3, -0.25) is 0 Å². The Balaban J connectivity index is 2.22. The summed E-state index contributed by atoms with van der Waals surface area (Å²) in [5, 5.41) is 8.63. The minimum atomic E-state index is -0.923. The lowest BCUT2D eigenvalue weighted by Gasteiger charge is -2.25. The summed E-state index contributed by atoms with van der Waals surface area (Å²) in [7, 11) is 0. The summed E-state index contributed by atoms with van der Waals surface area (Å²) in [6.07, 6.45) is 7.20. The van der Waals surface area contributed by atoms with Crippen molar-refractivity contribution in [1.82, 2.24) is 0 Å². The van der Waals surface area contributed by atoms with Crippen LogP contribution in [0.25, 0.3) is 6.08 Å². The maximum Gasteiger partial charge on any atom is 0.328 e. The topological polar surface area (TPSA) is 40.5 Å². The molecule has 3 nitrogen and oxygen atoms in total. The maximum absolute atomic E-state index is 10.5. The molecular formula is C16H19NO2. The molecule has 0 aromatic heterocycles. The number of aryl methyl sites for hydroxylation is 1. The Morgan fingerprint density at radius 3 is 2.79 bits per heavy atom. The first kappa shape index (κ1) is 13.4. The molecule has 0 radical (unpaired) electrons. The Hall–Kier alpha value is -2.03. The van der Waals surface area contributed by atoms with Crippen LogP contribution in [0, 0.1) is 6.92 Å². The molecule has 1 N–H and O–H groups in total. The van der Waals surface area contributed by atoms with E-state index in [0.717, 1.165) is 18.2 Å². The fourth-order valence-electron chi connectivity index (χ4n) is 2.24. The lowest BCUT2D eigenvalue weighted by Crippen LogP contribution is -2.26. The van der Waals surface area contributed by atoms with Crippen LogP contribution in [-0.4, -0.2) is 23.7 Å². The van der Waals surface area contributed by atoms with Gasteiger partial charge in [-0.25, -0.2) is 4.79 Å². The third-order valence-corrected chi connectivity index (χ3v) is 3.26. The molecular weight excluding hydrogens is 238 g/mol. The molecule has 19 heavy (non-hydrogen) atoms. The number of carbonyl (C=O) groups is 1. The van der Waals surface area contributed by atoms with Gasteiger partial charge in [-0.15, -0.1) is 6.58 Å². The number of hydrogen-bond acceptors (Lipinski definition) is 2. The molecule has 0 heterocycles. The number of aliphatic carboxylic acids is 1. The minimum absolute atomic E-state index is 0.636. The lowest BCUT2D eigenvalue weighted by atomic mass is 10.1. The van der Waals surface area contributed by atoms with E-state index in [-0.39, 0.29) is 0 Å². The van der Waals surface area contributed by atoms with Gasteiger partial charge < -0.3 is 10.0 Å². The molecule has 1 aromatic rings. The average Bonchev–Trinajstić information content (AvgIpc) is 3.18. The Morgan fingerprint density at radius 1 is 1.53 bits per heavy atom. The van der Waals surface area contributed by atoms with E-state index >= 15 is 0 Å². The van der Waals surface area contributed by atoms with Crippen LogP contribution in [-0.2, 0) is 4.79 Å². The molecule has 0 bridgehead atoms. The normalized spacial score (nSPS) is 14.6. The number of rotatable bonds is 6. The third-order valence-electron chi connectivity index (χ3n) is 3.26. The van der Waals surface area contributed by atoms with Crippen LogP contribution >= 0.6 is 0 Å². The first-order chi connectivity index (χ1) is 9.11. The molecule has 1 saturated carbocycles. The SMILES string of the molecule is C=CCN(c1ccc(/C=C/C(=O)O)cc1C)C1CC1. The summed E-state index contributed by atoms with van der Waals surface area (Å²) in [5.74, 6) is -0.923. The van der Waals surface area contributed by atoms with Gasteiger partial charge in [-0.05, 0) is 49.1 Å². The number of carboxylic acid groups (broad SMARTS) is 1. The number of anilines is 1. The first-order valence-electron chi connectivity index (χ1n) is 6.51. The van der Waals surface area contributed by atoms with E-state index in [1.165, 1.54) is 24.1 Å². The van der Waals surface area contributed by atoms with Gasteiger partial charge in [0, 0.05) is 24.4 Å². The molecule has 2 rings (SSSR count). The highest BCUT2D eigenvalue weighted by Crippen LogP contribution is 2.33. The van der Waals surface area contributed by atoms with E-state index < -0.39 is 5.97 Å². The van der Waals surface area contributed by atoms with Gasteiger partial charge in [-0.2, -0.15) is 0 Å². The molecule has 0 aliphatic heterocycles. The van der Waals surface area contributed by atoms with Gasteiger partial charge in [-0.1, -0.05) is 12.1 Å². The predicted octanol–water partition coefficient (Wildman–Crippen LogP) is 3.25. The smallest absolute Gasteiger partial charge is 0.328 e. The summed E-state index contributed by atoms with van der Waals surface area (Å²) in [5.41, 5.74) is 3.30. The Labute approximate surface area is 113 Å². The highest BCUT2D eigenvalue weighted by Gasteiger charge is 2.29. The Morgan fingerprint density at radius 2 is 2.26 bits per heavy atom. The van der Waals surface area contributed by atoms with E-state index in [0.29, 0.717) is 6.04 Å². The van der Waals surface area contributed by atoms with Crippen molar-refractivity contribution in [3.8, 4) is 0 Å². The molecule has 3 heteroatoms. The van der Waals surface area contributed by atoms with Crippen LogP contribution in [0.2, 0.25) is 0 Å². The Bertz CT molecular complexity index is 515. The van der Waals surface area contributed by atoms with Crippen molar-refractivity contribution in [1.29, 1.82) is 0 Å². The van der Waals surface area contributed by atoms with Crippen molar-refractivity contribution in [3.63, 3.8) is 0 Å². The molecule has 0 unspecified atom stereocenters. The molecule has 0 amide bonds. The van der Waals surface area contributed by atoms with Gasteiger partial charge in [0.15, 0.2) is 0 Å². The fraction of sp³-hybridized carbons (Fsp3) is 0.312. The quantitative estimate of drug-likeness (QED) is 0.628. The molecule has 0 saturated heterocycles. The van der Waals surface area contributed by atoms with E-state index in [4.69, 9.17) is 5.11 Å². The van der Waals surface area contributed by atoms with Gasteiger partial charge in [0.25, 0.3) is 0 Å². The molecule has 0 atom stereocenters. The average molecular weight is 257 g/mol. The van der Waals surface area contributed by atoms with Crippen LogP contribution < -0.4 is 4.90 Å². The second kappa shape index (κ2) is 5.74. The number of hydrogen-bond donors (Lipinski definition) is 1. The zero-order valence-electron chi connectivity index (χ0n) is 11.2. The van der Waals surface area contributed by atoms with Gasteiger partial charge in [0.1, 0.15) is 0 Å². The van der Waals surface area contributed by atoms with Crippen LogP contribution in [0.4, 0.5) is 5.69 Å².